The summed E-state index contributed by atoms with van der Waals surface area (Å²) in [7, 11) is 3.61. The zero-order chi connectivity index (χ0) is 35.2. The minimum Gasteiger partial charge on any atom is -0.481 e. The first-order valence-corrected chi connectivity index (χ1v) is 17.8. The highest BCUT2D eigenvalue weighted by Crippen LogP contribution is 2.41. The topological polar surface area (TPSA) is 63.5 Å². The van der Waals surface area contributed by atoms with E-state index in [0.717, 1.165) is 62.7 Å². The number of likely N-dealkylation sites (N-methyl/N-ethyl adjacent to an activating group) is 1. The molecular formula is C40H46Cl2FN5O. The van der Waals surface area contributed by atoms with Crippen LogP contribution in [-0.2, 0) is 0 Å². The number of ether oxygens (including phenoxy) is 1. The number of pyridine rings is 2. The molecule has 1 fully saturated rings. The Labute approximate surface area is 299 Å². The molecule has 2 unspecified atom stereocenters. The Bertz CT molecular complexity index is 1950. The third kappa shape index (κ3) is 7.95. The molecule has 3 heterocycles. The van der Waals surface area contributed by atoms with Gasteiger partial charge in [-0.15, -0.1) is 0 Å². The molecule has 0 saturated heterocycles. The van der Waals surface area contributed by atoms with Crippen LogP contribution in [0.3, 0.4) is 0 Å². The number of hydrogen-bond acceptors (Lipinski definition) is 5. The van der Waals surface area contributed by atoms with Crippen molar-refractivity contribution in [2.45, 2.75) is 65.2 Å². The molecule has 1 saturated carbocycles. The van der Waals surface area contributed by atoms with E-state index in [1.165, 1.54) is 18.9 Å². The molecular weight excluding hydrogens is 656 g/mol. The van der Waals surface area contributed by atoms with Crippen molar-refractivity contribution >= 4 is 34.4 Å². The molecule has 49 heavy (non-hydrogen) atoms. The van der Waals surface area contributed by atoms with Crippen molar-refractivity contribution in [1.29, 1.82) is 0 Å². The van der Waals surface area contributed by atoms with Crippen LogP contribution < -0.4 is 15.4 Å². The summed E-state index contributed by atoms with van der Waals surface area (Å²) in [6, 6.07) is 20.8. The van der Waals surface area contributed by atoms with Gasteiger partial charge in [0.25, 0.3) is 0 Å². The maximum Gasteiger partial charge on any atom is 0.215 e. The second kappa shape index (κ2) is 16.2. The van der Waals surface area contributed by atoms with Gasteiger partial charge in [-0.3, -0.25) is 4.98 Å². The highest BCUT2D eigenvalue weighted by atomic mass is 35.5. The van der Waals surface area contributed by atoms with Gasteiger partial charge in [0, 0.05) is 47.8 Å². The molecule has 3 aromatic heterocycles. The van der Waals surface area contributed by atoms with Crippen molar-refractivity contribution in [2.75, 3.05) is 27.2 Å². The summed E-state index contributed by atoms with van der Waals surface area (Å²) >= 11 is 13.2. The lowest BCUT2D eigenvalue weighted by molar-refractivity contribution is 0.385. The minimum atomic E-state index is -0.296. The van der Waals surface area contributed by atoms with Crippen LogP contribution in [0.1, 0.15) is 91.9 Å². The fourth-order valence-corrected chi connectivity index (χ4v) is 6.76. The molecule has 1 aliphatic carbocycles. The Hall–Kier alpha value is -3.91. The van der Waals surface area contributed by atoms with Crippen molar-refractivity contribution < 1.29 is 9.13 Å². The van der Waals surface area contributed by atoms with Crippen LogP contribution in [0.5, 0.6) is 5.88 Å². The number of hydrogen-bond donors (Lipinski definition) is 2. The predicted molar refractivity (Wildman–Crippen MR) is 202 cm³/mol. The monoisotopic (exact) mass is 701 g/mol. The van der Waals surface area contributed by atoms with E-state index in [1.807, 2.05) is 62.7 Å². The third-order valence-corrected chi connectivity index (χ3v) is 9.86. The maximum absolute atomic E-state index is 14.8. The first-order valence-electron chi connectivity index (χ1n) is 17.1. The van der Waals surface area contributed by atoms with E-state index >= 15 is 0 Å². The first-order chi connectivity index (χ1) is 23.7. The van der Waals surface area contributed by atoms with Crippen molar-refractivity contribution in [3.05, 3.63) is 122 Å². The lowest BCUT2D eigenvalue weighted by atomic mass is 9.88. The summed E-state index contributed by atoms with van der Waals surface area (Å²) in [5, 5.41) is 12.7. The maximum atomic E-state index is 14.8. The van der Waals surface area contributed by atoms with Crippen LogP contribution in [0.25, 0.3) is 22.5 Å². The molecule has 6 nitrogen and oxygen atoms in total. The summed E-state index contributed by atoms with van der Waals surface area (Å²) in [6.45, 7) is 11.5. The van der Waals surface area contributed by atoms with Gasteiger partial charge in [-0.1, -0.05) is 74.3 Å². The average Bonchev–Trinajstić information content (AvgIpc) is 3.87. The Kier molecular flexibility index (Phi) is 12.0. The van der Waals surface area contributed by atoms with Crippen LogP contribution in [0.4, 0.5) is 4.39 Å². The fourth-order valence-electron chi connectivity index (χ4n) is 6.37. The molecule has 2 aromatic carbocycles. The van der Waals surface area contributed by atoms with Crippen molar-refractivity contribution in [1.82, 2.24) is 25.2 Å². The summed E-state index contributed by atoms with van der Waals surface area (Å²) in [5.74, 6) is 0.791. The number of methoxy groups -OCH3 is 1. The van der Waals surface area contributed by atoms with E-state index in [2.05, 4.69) is 42.7 Å². The Balaban J connectivity index is 0.00000230. The average molecular weight is 703 g/mol. The largest absolute Gasteiger partial charge is 0.481 e. The van der Waals surface area contributed by atoms with Crippen LogP contribution in [0.2, 0.25) is 10.0 Å². The van der Waals surface area contributed by atoms with E-state index in [4.69, 9.17) is 38.0 Å². The van der Waals surface area contributed by atoms with Gasteiger partial charge >= 0.3 is 0 Å². The quantitative estimate of drug-likeness (QED) is 0.136. The first kappa shape index (κ1) is 36.4. The summed E-state index contributed by atoms with van der Waals surface area (Å²) < 4.78 is 22.4. The normalized spacial score (nSPS) is 14.3. The molecule has 0 aliphatic heterocycles. The van der Waals surface area contributed by atoms with Crippen molar-refractivity contribution in [2.24, 2.45) is 0 Å². The standard InChI is InChI=1S/C38H40Cl2FN5O.C2H6/c1-6-33(26-16-28-18-34(24-13-14-24)45-46(28)36(17-26)47-5)43-21-31(25-9-7-10-27(41)15-25)35-19-30(22(2)20-42-4)23(3)38(44-35)29-11-8-12-32(39)37(29)40;1-2/h6-12,15-19,22,24,31,42-43H,13-14,20-21H2,1-5H3;1-2H3/b33-6-;. The van der Waals surface area contributed by atoms with Gasteiger partial charge in [-0.25, -0.2) is 8.91 Å². The second-order valence-corrected chi connectivity index (χ2v) is 13.1. The predicted octanol–water partition coefficient (Wildman–Crippen LogP) is 10.2. The Morgan fingerprint density at radius 1 is 1.06 bits per heavy atom. The number of allylic oxidation sites excluding steroid dienone is 1. The van der Waals surface area contributed by atoms with E-state index in [-0.39, 0.29) is 17.7 Å². The number of nitrogens with one attached hydrogen (secondary N) is 2. The van der Waals surface area contributed by atoms with Crippen LogP contribution >= 0.6 is 23.2 Å². The van der Waals surface area contributed by atoms with Crippen LogP contribution in [0, 0.1) is 12.7 Å². The molecule has 1 aliphatic rings. The van der Waals surface area contributed by atoms with Gasteiger partial charge in [-0.05, 0) is 92.7 Å². The number of aromatic nitrogens is 3. The summed E-state index contributed by atoms with van der Waals surface area (Å²) in [5.41, 5.74) is 9.33. The van der Waals surface area contributed by atoms with Gasteiger partial charge in [0.15, 0.2) is 0 Å². The number of halogens is 3. The zero-order valence-electron chi connectivity index (χ0n) is 29.4. The lowest BCUT2D eigenvalue weighted by Crippen LogP contribution is -2.23. The number of nitrogens with zero attached hydrogens (tertiary/aromatic N) is 3. The zero-order valence-corrected chi connectivity index (χ0v) is 30.9. The molecule has 5 aromatic rings. The number of benzene rings is 2. The van der Waals surface area contributed by atoms with Gasteiger partial charge in [0.1, 0.15) is 5.82 Å². The van der Waals surface area contributed by atoms with Crippen molar-refractivity contribution in [3.63, 3.8) is 0 Å². The molecule has 2 N–H and O–H groups in total. The van der Waals surface area contributed by atoms with Gasteiger partial charge in [-0.2, -0.15) is 5.10 Å². The number of fused-ring (bicyclic) bond motifs is 1. The van der Waals surface area contributed by atoms with E-state index < -0.39 is 0 Å². The second-order valence-electron chi connectivity index (χ2n) is 12.3. The number of rotatable bonds is 12. The molecule has 0 radical (unpaired) electrons. The van der Waals surface area contributed by atoms with E-state index in [1.54, 1.807) is 25.3 Å². The highest BCUT2D eigenvalue weighted by molar-refractivity contribution is 6.43. The molecule has 258 valence electrons. The van der Waals surface area contributed by atoms with E-state index in [0.29, 0.717) is 28.4 Å². The summed E-state index contributed by atoms with van der Waals surface area (Å²) in [6.07, 6.45) is 4.40. The van der Waals surface area contributed by atoms with Crippen molar-refractivity contribution in [3.8, 4) is 17.1 Å². The fraction of sp³-hybridized carbons (Fsp3) is 0.350. The molecule has 2 atom stereocenters. The van der Waals surface area contributed by atoms with Gasteiger partial charge < -0.3 is 15.4 Å². The lowest BCUT2D eigenvalue weighted by Gasteiger charge is -2.25. The van der Waals surface area contributed by atoms with Crippen LogP contribution in [0.15, 0.2) is 72.8 Å². The SMILES string of the molecule is C/C=C(\NCC(c1cccc(F)c1)c1cc(C(C)CNC)c(C)c(-c2cccc(Cl)c2Cl)n1)c1cc(OC)n2nc(C3CC3)cc2c1.CC. The molecule has 9 heteroatoms. The van der Waals surface area contributed by atoms with Gasteiger partial charge in [0.05, 0.1) is 39.8 Å². The molecule has 6 rings (SSSR count). The van der Waals surface area contributed by atoms with Gasteiger partial charge in [0.2, 0.25) is 5.88 Å². The summed E-state index contributed by atoms with van der Waals surface area (Å²) in [4.78, 5) is 5.25. The van der Waals surface area contributed by atoms with Crippen LogP contribution in [-0.4, -0.2) is 41.8 Å². The third-order valence-electron chi connectivity index (χ3n) is 9.04. The Morgan fingerprint density at radius 2 is 1.82 bits per heavy atom. The highest BCUT2D eigenvalue weighted by Gasteiger charge is 2.27. The minimum absolute atomic E-state index is 0.182. The smallest absolute Gasteiger partial charge is 0.215 e. The Morgan fingerprint density at radius 3 is 2.49 bits per heavy atom. The molecule has 0 spiro atoms. The van der Waals surface area contributed by atoms with E-state index in [9.17, 15) is 4.39 Å². The molecule has 0 bridgehead atoms. The molecule has 0 amide bonds.